The van der Waals surface area contributed by atoms with Crippen LogP contribution in [0.4, 0.5) is 4.79 Å². The third kappa shape index (κ3) is 2.55. The number of hydrogen-bond acceptors (Lipinski definition) is 4. The monoisotopic (exact) mass is 322 g/mol. The van der Waals surface area contributed by atoms with Gasteiger partial charge in [0.1, 0.15) is 13.1 Å². The lowest BCUT2D eigenvalue weighted by atomic mass is 9.78. The number of carbonyl (C=O) groups excluding carboxylic acids is 4. The lowest BCUT2D eigenvalue weighted by Crippen LogP contribution is -2.49. The average molecular weight is 322 g/mol. The van der Waals surface area contributed by atoms with Crippen LogP contribution >= 0.6 is 0 Å². The molecule has 3 aliphatic rings. The van der Waals surface area contributed by atoms with E-state index < -0.39 is 11.4 Å². The highest BCUT2D eigenvalue weighted by molar-refractivity contribution is 6.04. The molecule has 23 heavy (non-hydrogen) atoms. The molecule has 0 aliphatic carbocycles. The summed E-state index contributed by atoms with van der Waals surface area (Å²) >= 11 is 0. The van der Waals surface area contributed by atoms with E-state index >= 15 is 0 Å². The Morgan fingerprint density at radius 3 is 2.48 bits per heavy atom. The summed E-state index contributed by atoms with van der Waals surface area (Å²) in [6, 6.07) is -0.439. The van der Waals surface area contributed by atoms with Gasteiger partial charge in [-0.05, 0) is 19.3 Å². The smallest absolute Gasteiger partial charge is 0.327 e. The van der Waals surface area contributed by atoms with Gasteiger partial charge in [0.25, 0.3) is 5.91 Å². The fraction of sp³-hybridized carbons (Fsp3) is 0.733. The van der Waals surface area contributed by atoms with Gasteiger partial charge in [0.2, 0.25) is 11.8 Å². The quantitative estimate of drug-likeness (QED) is 0.633. The van der Waals surface area contributed by atoms with Crippen LogP contribution in [0.5, 0.6) is 0 Å². The zero-order valence-corrected chi connectivity index (χ0v) is 13.6. The number of piperidine rings is 1. The Hall–Kier alpha value is -2.12. The van der Waals surface area contributed by atoms with E-state index in [1.165, 1.54) is 11.9 Å². The van der Waals surface area contributed by atoms with Gasteiger partial charge in [-0.25, -0.2) is 4.79 Å². The largest absolute Gasteiger partial charge is 0.345 e. The normalized spacial score (nSPS) is 28.5. The van der Waals surface area contributed by atoms with E-state index in [0.29, 0.717) is 19.5 Å². The maximum Gasteiger partial charge on any atom is 0.327 e. The van der Waals surface area contributed by atoms with E-state index in [1.807, 2.05) is 0 Å². The van der Waals surface area contributed by atoms with Gasteiger partial charge in [-0.15, -0.1) is 0 Å². The molecule has 0 saturated carbocycles. The number of likely N-dealkylation sites (N-methyl/N-ethyl adjacent to an activating group) is 1. The molecule has 1 spiro atoms. The lowest BCUT2D eigenvalue weighted by Gasteiger charge is -2.37. The van der Waals surface area contributed by atoms with Crippen molar-refractivity contribution in [3.8, 4) is 0 Å². The van der Waals surface area contributed by atoms with Gasteiger partial charge in [-0.3, -0.25) is 19.3 Å². The third-order valence-electron chi connectivity index (χ3n) is 5.18. The Labute approximate surface area is 135 Å². The minimum Gasteiger partial charge on any atom is -0.345 e. The lowest BCUT2D eigenvalue weighted by molar-refractivity contribution is -0.145. The maximum absolute atomic E-state index is 12.5. The van der Waals surface area contributed by atoms with Crippen molar-refractivity contribution in [1.82, 2.24) is 19.6 Å². The second kappa shape index (κ2) is 5.50. The fourth-order valence-electron chi connectivity index (χ4n) is 3.79. The standard InChI is InChI=1S/C15H22N4O4/c1-16-6-3-4-15(13(16)22)5-7-18(10-15)11(20)9-19-12(21)8-17(2)14(19)23/h3-10H2,1-2H3/t15-/m1/s1. The van der Waals surface area contributed by atoms with Crippen LogP contribution in [0.25, 0.3) is 0 Å². The van der Waals surface area contributed by atoms with Gasteiger partial charge >= 0.3 is 6.03 Å². The summed E-state index contributed by atoms with van der Waals surface area (Å²) in [5, 5.41) is 0. The molecule has 0 radical (unpaired) electrons. The highest BCUT2D eigenvalue weighted by Crippen LogP contribution is 2.39. The molecule has 3 aliphatic heterocycles. The SMILES string of the molecule is CN1CC(=O)N(CC(=O)N2CC[C@]3(CCCN(C)C3=O)C2)C1=O. The average Bonchev–Trinajstić information content (AvgIpc) is 3.03. The molecule has 0 bridgehead atoms. The summed E-state index contributed by atoms with van der Waals surface area (Å²) in [7, 11) is 3.33. The van der Waals surface area contributed by atoms with Crippen LogP contribution in [0.15, 0.2) is 0 Å². The molecule has 0 aromatic carbocycles. The zero-order valence-electron chi connectivity index (χ0n) is 13.6. The number of likely N-dealkylation sites (tertiary alicyclic amines) is 2. The molecule has 5 amide bonds. The molecule has 0 N–H and O–H groups in total. The van der Waals surface area contributed by atoms with Crippen molar-refractivity contribution < 1.29 is 19.2 Å². The van der Waals surface area contributed by atoms with Gasteiger partial charge in [0.05, 0.1) is 5.41 Å². The van der Waals surface area contributed by atoms with Gasteiger partial charge in [0, 0.05) is 33.7 Å². The first kappa shape index (κ1) is 15.8. The van der Waals surface area contributed by atoms with Crippen LogP contribution in [0.3, 0.4) is 0 Å². The van der Waals surface area contributed by atoms with Crippen LogP contribution in [0, 0.1) is 5.41 Å². The molecular formula is C15H22N4O4. The first-order valence-electron chi connectivity index (χ1n) is 7.93. The highest BCUT2D eigenvalue weighted by atomic mass is 16.2. The number of imide groups is 1. The minimum absolute atomic E-state index is 0.0132. The summed E-state index contributed by atoms with van der Waals surface area (Å²) in [5.41, 5.74) is -0.474. The molecule has 3 heterocycles. The van der Waals surface area contributed by atoms with E-state index in [1.54, 1.807) is 16.8 Å². The molecule has 0 aromatic rings. The molecule has 3 saturated heterocycles. The summed E-state index contributed by atoms with van der Waals surface area (Å²) in [5.74, 6) is -0.514. The van der Waals surface area contributed by atoms with Crippen molar-refractivity contribution >= 4 is 23.8 Å². The Bertz CT molecular complexity index is 578. The molecular weight excluding hydrogens is 300 g/mol. The molecule has 1 atom stereocenters. The Kier molecular flexibility index (Phi) is 3.77. The van der Waals surface area contributed by atoms with Crippen LogP contribution in [0.1, 0.15) is 19.3 Å². The number of amides is 5. The van der Waals surface area contributed by atoms with Gasteiger partial charge in [-0.1, -0.05) is 0 Å². The van der Waals surface area contributed by atoms with Crippen LogP contribution in [-0.2, 0) is 14.4 Å². The second-order valence-electron chi connectivity index (χ2n) is 6.79. The van der Waals surface area contributed by atoms with Gasteiger partial charge in [0.15, 0.2) is 0 Å². The number of nitrogens with zero attached hydrogens (tertiary/aromatic N) is 4. The molecule has 0 unspecified atom stereocenters. The molecule has 8 heteroatoms. The highest BCUT2D eigenvalue weighted by Gasteiger charge is 2.49. The summed E-state index contributed by atoms with van der Waals surface area (Å²) in [6.45, 7) is 1.44. The Morgan fingerprint density at radius 2 is 1.83 bits per heavy atom. The first-order valence-corrected chi connectivity index (χ1v) is 7.93. The van der Waals surface area contributed by atoms with Gasteiger partial charge < -0.3 is 14.7 Å². The van der Waals surface area contributed by atoms with E-state index in [9.17, 15) is 19.2 Å². The molecule has 3 fully saturated rings. The Balaban J connectivity index is 1.65. The van der Waals surface area contributed by atoms with Gasteiger partial charge in [-0.2, -0.15) is 0 Å². The number of hydrogen-bond donors (Lipinski definition) is 0. The predicted octanol–water partition coefficient (Wildman–Crippen LogP) is -0.649. The van der Waals surface area contributed by atoms with Crippen LogP contribution in [0.2, 0.25) is 0 Å². The number of rotatable bonds is 2. The summed E-state index contributed by atoms with van der Waals surface area (Å²) < 4.78 is 0. The molecule has 3 rings (SSSR count). The van der Waals surface area contributed by atoms with Crippen LogP contribution in [-0.4, -0.2) is 90.2 Å². The van der Waals surface area contributed by atoms with Crippen molar-refractivity contribution in [1.29, 1.82) is 0 Å². The zero-order chi connectivity index (χ0) is 16.8. The van der Waals surface area contributed by atoms with Crippen molar-refractivity contribution in [2.24, 2.45) is 5.41 Å². The summed E-state index contributed by atoms with van der Waals surface area (Å²) in [6.07, 6.45) is 2.39. The van der Waals surface area contributed by atoms with E-state index in [-0.39, 0.29) is 30.8 Å². The van der Waals surface area contributed by atoms with Crippen molar-refractivity contribution in [2.75, 3.05) is 46.8 Å². The van der Waals surface area contributed by atoms with E-state index in [0.717, 1.165) is 24.3 Å². The fourth-order valence-corrected chi connectivity index (χ4v) is 3.79. The van der Waals surface area contributed by atoms with E-state index in [2.05, 4.69) is 0 Å². The molecule has 8 nitrogen and oxygen atoms in total. The summed E-state index contributed by atoms with van der Waals surface area (Å²) in [4.78, 5) is 54.2. The third-order valence-corrected chi connectivity index (χ3v) is 5.18. The maximum atomic E-state index is 12.5. The molecule has 126 valence electrons. The first-order chi connectivity index (χ1) is 10.8. The predicted molar refractivity (Wildman–Crippen MR) is 80.2 cm³/mol. The van der Waals surface area contributed by atoms with Crippen molar-refractivity contribution in [3.63, 3.8) is 0 Å². The van der Waals surface area contributed by atoms with Crippen molar-refractivity contribution in [3.05, 3.63) is 0 Å². The van der Waals surface area contributed by atoms with Crippen LogP contribution < -0.4 is 0 Å². The number of urea groups is 1. The number of carbonyl (C=O) groups is 4. The minimum atomic E-state index is -0.474. The van der Waals surface area contributed by atoms with E-state index in [4.69, 9.17) is 0 Å². The molecule has 0 aromatic heterocycles. The Morgan fingerprint density at radius 1 is 1.09 bits per heavy atom. The topological polar surface area (TPSA) is 81.2 Å². The van der Waals surface area contributed by atoms with Crippen molar-refractivity contribution in [2.45, 2.75) is 19.3 Å². The second-order valence-corrected chi connectivity index (χ2v) is 6.79.